The van der Waals surface area contributed by atoms with E-state index < -0.39 is 6.09 Å². The maximum atomic E-state index is 13.6. The smallest absolute Gasteiger partial charge is 0.407 e. The number of ether oxygens (including phenoxy) is 2. The maximum absolute atomic E-state index is 13.6. The van der Waals surface area contributed by atoms with Gasteiger partial charge in [0.2, 0.25) is 11.8 Å². The number of imidazole rings is 2. The predicted octanol–water partition coefficient (Wildman–Crippen LogP) is 8.73. The number of aromatic nitrogens is 4. The Labute approximate surface area is 327 Å². The Morgan fingerprint density at radius 2 is 1.71 bits per heavy atom. The highest BCUT2D eigenvalue weighted by atomic mass is 16.5. The Kier molecular flexibility index (Phi) is 10.5. The minimum atomic E-state index is -0.628. The average Bonchev–Trinajstić information content (AvgIpc) is 4.04. The lowest BCUT2D eigenvalue weighted by Crippen LogP contribution is -2.43. The van der Waals surface area contributed by atoms with E-state index in [1.165, 1.54) is 7.11 Å². The molecule has 12 heteroatoms. The summed E-state index contributed by atoms with van der Waals surface area (Å²) in [6, 6.07) is 15.0. The van der Waals surface area contributed by atoms with Gasteiger partial charge in [0.1, 0.15) is 30.5 Å². The molecular weight excluding hydrogens is 707 g/mol. The number of nitrogens with one attached hydrogen (secondary N) is 3. The van der Waals surface area contributed by atoms with E-state index in [-0.39, 0.29) is 42.5 Å². The minimum absolute atomic E-state index is 0.0294. The Morgan fingerprint density at radius 1 is 0.929 bits per heavy atom. The van der Waals surface area contributed by atoms with Gasteiger partial charge in [0.05, 0.1) is 42.1 Å². The number of hydrogen-bond donors (Lipinski definition) is 3. The van der Waals surface area contributed by atoms with Gasteiger partial charge in [0, 0.05) is 29.5 Å². The van der Waals surface area contributed by atoms with Crippen LogP contribution in [0.2, 0.25) is 0 Å². The number of alkyl carbamates (subject to hydrolysis) is 1. The van der Waals surface area contributed by atoms with Gasteiger partial charge in [-0.05, 0) is 90.8 Å². The molecule has 5 atom stereocenters. The lowest BCUT2D eigenvalue weighted by atomic mass is 9.92. The van der Waals surface area contributed by atoms with Crippen LogP contribution in [0.1, 0.15) is 115 Å². The van der Waals surface area contributed by atoms with Crippen LogP contribution in [-0.4, -0.2) is 73.4 Å². The molecule has 3 aliphatic rings. The van der Waals surface area contributed by atoms with Gasteiger partial charge < -0.3 is 34.6 Å². The van der Waals surface area contributed by atoms with Crippen LogP contribution < -0.4 is 10.1 Å². The number of rotatable bonds is 11. The zero-order valence-electron chi connectivity index (χ0n) is 33.1. The summed E-state index contributed by atoms with van der Waals surface area (Å²) < 4.78 is 11.1. The number of H-pyrrole nitrogens is 2. The molecular formula is C44H53N7O5. The molecule has 8 rings (SSSR count). The molecule has 5 aromatic rings. The van der Waals surface area contributed by atoms with Gasteiger partial charge in [-0.25, -0.2) is 14.8 Å². The van der Waals surface area contributed by atoms with Crippen LogP contribution in [0.15, 0.2) is 48.7 Å². The number of carbonyl (C=O) groups excluding carboxylic acids is 3. The molecule has 3 amide bonds. The lowest BCUT2D eigenvalue weighted by Gasteiger charge is -2.30. The molecule has 0 radical (unpaired) electrons. The number of fused-ring (bicyclic) bond motifs is 6. The van der Waals surface area contributed by atoms with Crippen LogP contribution in [0, 0.1) is 5.92 Å². The van der Waals surface area contributed by atoms with Crippen molar-refractivity contribution in [2.75, 3.05) is 13.7 Å². The molecule has 3 aliphatic heterocycles. The van der Waals surface area contributed by atoms with E-state index in [1.54, 1.807) is 0 Å². The van der Waals surface area contributed by atoms with Gasteiger partial charge in [0.15, 0.2) is 0 Å². The summed E-state index contributed by atoms with van der Waals surface area (Å²) in [6.07, 6.45) is 9.32. The predicted molar refractivity (Wildman–Crippen MR) is 216 cm³/mol. The summed E-state index contributed by atoms with van der Waals surface area (Å²) in [5.41, 5.74) is 6.96. The van der Waals surface area contributed by atoms with Crippen molar-refractivity contribution in [2.24, 2.45) is 5.92 Å². The van der Waals surface area contributed by atoms with Crippen molar-refractivity contribution in [3.8, 4) is 28.1 Å². The first-order chi connectivity index (χ1) is 27.2. The largest absolute Gasteiger partial charge is 0.488 e. The van der Waals surface area contributed by atoms with E-state index >= 15 is 0 Å². The van der Waals surface area contributed by atoms with Crippen LogP contribution in [0.4, 0.5) is 4.79 Å². The third-order valence-corrected chi connectivity index (χ3v) is 12.4. The van der Waals surface area contributed by atoms with Crippen LogP contribution in [-0.2, 0) is 20.9 Å². The summed E-state index contributed by atoms with van der Waals surface area (Å²) in [5, 5.41) is 4.57. The molecule has 0 spiro atoms. The Hall–Kier alpha value is -5.39. The zero-order chi connectivity index (χ0) is 39.1. The summed E-state index contributed by atoms with van der Waals surface area (Å²) >= 11 is 0. The fraction of sp³-hybridized carbons (Fsp3) is 0.477. The second kappa shape index (κ2) is 15.6. The summed E-state index contributed by atoms with van der Waals surface area (Å²) in [4.78, 5) is 59.7. The Bertz CT molecular complexity index is 2280. The van der Waals surface area contributed by atoms with Gasteiger partial charge in [-0.15, -0.1) is 0 Å². The van der Waals surface area contributed by atoms with Gasteiger partial charge >= 0.3 is 6.09 Å². The normalized spacial score (nSPS) is 20.9. The second-order valence-corrected chi connectivity index (χ2v) is 15.9. The lowest BCUT2D eigenvalue weighted by molar-refractivity contribution is -0.135. The van der Waals surface area contributed by atoms with Crippen molar-refractivity contribution < 1.29 is 23.9 Å². The molecule has 0 aliphatic carbocycles. The molecule has 3 aromatic carbocycles. The monoisotopic (exact) mass is 759 g/mol. The first kappa shape index (κ1) is 37.5. The third kappa shape index (κ3) is 6.87. The highest BCUT2D eigenvalue weighted by Crippen LogP contribution is 2.44. The summed E-state index contributed by atoms with van der Waals surface area (Å²) in [6.45, 7) is 8.88. The number of carbonyl (C=O) groups is 3. The molecule has 2 saturated heterocycles. The van der Waals surface area contributed by atoms with Crippen molar-refractivity contribution in [1.82, 2.24) is 35.1 Å². The number of likely N-dealkylation sites (tertiary alicyclic amines) is 2. The third-order valence-electron chi connectivity index (χ3n) is 12.4. The number of hydrogen-bond acceptors (Lipinski definition) is 7. The van der Waals surface area contributed by atoms with Gasteiger partial charge in [0.25, 0.3) is 0 Å². The second-order valence-electron chi connectivity index (χ2n) is 15.9. The average molecular weight is 760 g/mol. The van der Waals surface area contributed by atoms with Gasteiger partial charge in [-0.2, -0.15) is 0 Å². The molecule has 2 fully saturated rings. The molecule has 12 nitrogen and oxygen atoms in total. The fourth-order valence-electron chi connectivity index (χ4n) is 9.22. The molecule has 0 saturated carbocycles. The standard InChI is InChI=1S/C44H53N7O5/c1-6-9-30-13-17-36(51(30)39(52)18-25(4)7-2)42-45-22-35(48-42)27-10-14-31-28(19-27)24-56-38-21-32-26(20-33(31)38)11-15-34-41(32)49-43(47-34)37-16-12-29(8-3)50(37)40(53)23-46-44(54)55-5/h10-11,14-15,19-22,25,29-30,36-37H,6-9,12-13,16-18,23-24H2,1-5H3,(H,45,48)(H,46,54)(H,47,49)/t25?,29-,30-,36?,37-/m0/s1. The molecule has 2 aromatic heterocycles. The fourth-order valence-corrected chi connectivity index (χ4v) is 9.22. The first-order valence-electron chi connectivity index (χ1n) is 20.4. The van der Waals surface area contributed by atoms with E-state index in [2.05, 4.69) is 95.1 Å². The summed E-state index contributed by atoms with van der Waals surface area (Å²) in [7, 11) is 1.28. The zero-order valence-corrected chi connectivity index (χ0v) is 33.1. The molecule has 56 heavy (non-hydrogen) atoms. The van der Waals surface area contributed by atoms with Crippen molar-refractivity contribution in [3.63, 3.8) is 0 Å². The number of amides is 3. The number of nitrogens with zero attached hydrogens (tertiary/aromatic N) is 4. The van der Waals surface area contributed by atoms with Crippen LogP contribution in [0.3, 0.4) is 0 Å². The van der Waals surface area contributed by atoms with Gasteiger partial charge in [-0.1, -0.05) is 58.7 Å². The molecule has 5 heterocycles. The van der Waals surface area contributed by atoms with E-state index in [1.807, 2.05) is 11.1 Å². The van der Waals surface area contributed by atoms with Crippen LogP contribution in [0.5, 0.6) is 5.75 Å². The minimum Gasteiger partial charge on any atom is -0.488 e. The van der Waals surface area contributed by atoms with Crippen molar-refractivity contribution in [3.05, 3.63) is 65.9 Å². The van der Waals surface area contributed by atoms with E-state index in [0.29, 0.717) is 18.9 Å². The SMILES string of the molecule is CCC[C@H]1CCC(c2ncc(-c3ccc4c(c3)COc3cc5c(ccc6[nH]c([C@@H]7CC[C@H](CC)N7C(=O)CNC(=O)OC)nc65)cc3-4)[nH]2)N1C(=O)CC(C)CC. The quantitative estimate of drug-likeness (QED) is 0.122. The highest BCUT2D eigenvalue weighted by molar-refractivity contribution is 6.07. The number of benzene rings is 3. The van der Waals surface area contributed by atoms with Crippen molar-refractivity contribution in [1.29, 1.82) is 0 Å². The Balaban J connectivity index is 1.05. The van der Waals surface area contributed by atoms with Crippen molar-refractivity contribution in [2.45, 2.75) is 116 Å². The molecule has 2 unspecified atom stereocenters. The van der Waals surface area contributed by atoms with Gasteiger partial charge in [-0.3, -0.25) is 9.59 Å². The van der Waals surface area contributed by atoms with E-state index in [0.717, 1.165) is 119 Å². The summed E-state index contributed by atoms with van der Waals surface area (Å²) in [5.74, 6) is 2.87. The topological polar surface area (TPSA) is 146 Å². The molecule has 0 bridgehead atoms. The van der Waals surface area contributed by atoms with Crippen LogP contribution in [0.25, 0.3) is 44.2 Å². The van der Waals surface area contributed by atoms with Crippen LogP contribution >= 0.6 is 0 Å². The molecule has 3 N–H and O–H groups in total. The first-order valence-corrected chi connectivity index (χ1v) is 20.4. The Morgan fingerprint density at radius 3 is 2.48 bits per heavy atom. The maximum Gasteiger partial charge on any atom is 0.407 e. The van der Waals surface area contributed by atoms with E-state index in [4.69, 9.17) is 14.7 Å². The van der Waals surface area contributed by atoms with E-state index in [9.17, 15) is 14.4 Å². The molecule has 294 valence electrons. The van der Waals surface area contributed by atoms with Crippen molar-refractivity contribution >= 4 is 39.7 Å². The number of methoxy groups -OCH3 is 1. The number of aromatic amines is 2. The highest BCUT2D eigenvalue weighted by Gasteiger charge is 2.40.